The van der Waals surface area contributed by atoms with Crippen molar-refractivity contribution < 1.29 is 4.79 Å². The third kappa shape index (κ3) is 2.02. The fourth-order valence-corrected chi connectivity index (χ4v) is 0.894. The molecule has 2 nitrogen and oxygen atoms in total. The average molecular weight is 170 g/mol. The number of rotatable bonds is 2. The first-order chi connectivity index (χ1) is 5.24. The molecule has 0 saturated carbocycles. The zero-order valence-electron chi connectivity index (χ0n) is 6.17. The van der Waals surface area contributed by atoms with Gasteiger partial charge in [-0.2, -0.15) is 0 Å². The van der Waals surface area contributed by atoms with Crippen LogP contribution < -0.4 is 0 Å². The van der Waals surface area contributed by atoms with E-state index in [1.807, 2.05) is 13.0 Å². The van der Waals surface area contributed by atoms with Crippen molar-refractivity contribution in [2.75, 3.05) is 5.88 Å². The second kappa shape index (κ2) is 3.49. The Morgan fingerprint density at radius 1 is 1.73 bits per heavy atom. The van der Waals surface area contributed by atoms with E-state index < -0.39 is 0 Å². The van der Waals surface area contributed by atoms with E-state index in [0.717, 1.165) is 5.56 Å². The molecule has 0 aliphatic heterocycles. The fourth-order valence-electron chi connectivity index (χ4n) is 0.757. The zero-order valence-corrected chi connectivity index (χ0v) is 6.93. The van der Waals surface area contributed by atoms with Crippen molar-refractivity contribution >= 4 is 17.4 Å². The van der Waals surface area contributed by atoms with Gasteiger partial charge in [-0.05, 0) is 24.6 Å². The van der Waals surface area contributed by atoms with Crippen molar-refractivity contribution in [3.63, 3.8) is 0 Å². The van der Waals surface area contributed by atoms with Crippen LogP contribution in [0.2, 0.25) is 0 Å². The van der Waals surface area contributed by atoms with Crippen LogP contribution in [0.3, 0.4) is 0 Å². The van der Waals surface area contributed by atoms with Crippen LogP contribution >= 0.6 is 11.6 Å². The number of carbonyl (C=O) groups excluding carboxylic acids is 1. The van der Waals surface area contributed by atoms with Gasteiger partial charge in [0, 0.05) is 6.20 Å². The van der Waals surface area contributed by atoms with Gasteiger partial charge >= 0.3 is 0 Å². The highest BCUT2D eigenvalue weighted by Crippen LogP contribution is 2.01. The molecule has 1 heterocycles. The summed E-state index contributed by atoms with van der Waals surface area (Å²) in [6.45, 7) is 1.91. The first-order valence-corrected chi connectivity index (χ1v) is 3.79. The lowest BCUT2D eigenvalue weighted by Gasteiger charge is -1.95. The van der Waals surface area contributed by atoms with Crippen LogP contribution in [0.1, 0.15) is 16.1 Å². The van der Waals surface area contributed by atoms with Gasteiger partial charge in [0.25, 0.3) is 0 Å². The molecule has 0 bridgehead atoms. The van der Waals surface area contributed by atoms with Crippen LogP contribution in [0.15, 0.2) is 18.3 Å². The highest BCUT2D eigenvalue weighted by Gasteiger charge is 2.03. The van der Waals surface area contributed by atoms with Crippen molar-refractivity contribution in [2.45, 2.75) is 6.92 Å². The summed E-state index contributed by atoms with van der Waals surface area (Å²) in [5.41, 5.74) is 1.47. The number of alkyl halides is 1. The van der Waals surface area contributed by atoms with E-state index in [1.54, 1.807) is 12.3 Å². The number of halogens is 1. The van der Waals surface area contributed by atoms with Crippen molar-refractivity contribution in [3.8, 4) is 0 Å². The zero-order chi connectivity index (χ0) is 8.27. The second-order valence-corrected chi connectivity index (χ2v) is 2.54. The first-order valence-electron chi connectivity index (χ1n) is 3.26. The molecule has 0 amide bonds. The molecule has 0 N–H and O–H groups in total. The van der Waals surface area contributed by atoms with E-state index in [9.17, 15) is 4.79 Å². The Kier molecular flexibility index (Phi) is 2.60. The van der Waals surface area contributed by atoms with E-state index in [-0.39, 0.29) is 11.7 Å². The maximum Gasteiger partial charge on any atom is 0.195 e. The number of hydrogen-bond donors (Lipinski definition) is 0. The Morgan fingerprint density at radius 2 is 2.45 bits per heavy atom. The van der Waals surface area contributed by atoms with Gasteiger partial charge in [-0.3, -0.25) is 9.78 Å². The summed E-state index contributed by atoms with van der Waals surface area (Å²) in [6, 6.07) is 3.57. The number of hydrogen-bond acceptors (Lipinski definition) is 2. The van der Waals surface area contributed by atoms with E-state index >= 15 is 0 Å². The van der Waals surface area contributed by atoms with Crippen LogP contribution in [-0.2, 0) is 0 Å². The predicted molar refractivity (Wildman–Crippen MR) is 44.0 cm³/mol. The minimum absolute atomic E-state index is 0.00352. The largest absolute Gasteiger partial charge is 0.291 e. The van der Waals surface area contributed by atoms with Gasteiger partial charge in [0.2, 0.25) is 0 Å². The minimum atomic E-state index is -0.129. The van der Waals surface area contributed by atoms with Gasteiger partial charge in [-0.15, -0.1) is 11.6 Å². The van der Waals surface area contributed by atoms with Gasteiger partial charge in [-0.1, -0.05) is 0 Å². The van der Waals surface area contributed by atoms with Crippen LogP contribution in [0.25, 0.3) is 0 Å². The minimum Gasteiger partial charge on any atom is -0.291 e. The molecule has 3 heteroatoms. The Bertz CT molecular complexity index is 273. The van der Waals surface area contributed by atoms with E-state index in [0.29, 0.717) is 5.69 Å². The third-order valence-electron chi connectivity index (χ3n) is 1.32. The monoisotopic (exact) mass is 169 g/mol. The van der Waals surface area contributed by atoms with E-state index in [4.69, 9.17) is 11.6 Å². The summed E-state index contributed by atoms with van der Waals surface area (Å²) in [6.07, 6.45) is 1.61. The molecule has 11 heavy (non-hydrogen) atoms. The number of carbonyl (C=O) groups is 1. The predicted octanol–water partition coefficient (Wildman–Crippen LogP) is 1.81. The summed E-state index contributed by atoms with van der Waals surface area (Å²) >= 11 is 5.35. The Labute approximate surface area is 70.2 Å². The van der Waals surface area contributed by atoms with Gasteiger partial charge in [0.1, 0.15) is 5.69 Å². The number of ketones is 1. The van der Waals surface area contributed by atoms with E-state index in [2.05, 4.69) is 4.98 Å². The molecule has 0 spiro atoms. The molecule has 0 atom stereocenters. The third-order valence-corrected chi connectivity index (χ3v) is 1.57. The van der Waals surface area contributed by atoms with Crippen LogP contribution in [0.4, 0.5) is 0 Å². The molecule has 0 radical (unpaired) electrons. The SMILES string of the molecule is Cc1ccnc(C(=O)CCl)c1. The number of aryl methyl sites for hydroxylation is 1. The van der Waals surface area contributed by atoms with Gasteiger partial charge < -0.3 is 0 Å². The Balaban J connectivity index is 2.96. The highest BCUT2D eigenvalue weighted by atomic mass is 35.5. The molecule has 1 aromatic heterocycles. The van der Waals surface area contributed by atoms with Gasteiger partial charge in [-0.25, -0.2) is 0 Å². The van der Waals surface area contributed by atoms with Crippen molar-refractivity contribution in [2.24, 2.45) is 0 Å². The van der Waals surface area contributed by atoms with Crippen LogP contribution in [0, 0.1) is 6.92 Å². The molecule has 1 rings (SSSR count). The molecule has 0 aliphatic carbocycles. The van der Waals surface area contributed by atoms with Crippen LogP contribution in [-0.4, -0.2) is 16.6 Å². The van der Waals surface area contributed by atoms with Crippen molar-refractivity contribution in [1.29, 1.82) is 0 Å². The van der Waals surface area contributed by atoms with Gasteiger partial charge in [0.05, 0.1) is 5.88 Å². The van der Waals surface area contributed by atoms with Crippen LogP contribution in [0.5, 0.6) is 0 Å². The lowest BCUT2D eigenvalue weighted by molar-refractivity contribution is 0.101. The summed E-state index contributed by atoms with van der Waals surface area (Å²) < 4.78 is 0. The molecular formula is C8H8ClNO. The summed E-state index contributed by atoms with van der Waals surface area (Å²) in [7, 11) is 0. The normalized spacial score (nSPS) is 9.64. The van der Waals surface area contributed by atoms with Gasteiger partial charge in [0.15, 0.2) is 5.78 Å². The van der Waals surface area contributed by atoms with Crippen molar-refractivity contribution in [3.05, 3.63) is 29.6 Å². The smallest absolute Gasteiger partial charge is 0.195 e. The average Bonchev–Trinajstić information content (AvgIpc) is 2.03. The lowest BCUT2D eigenvalue weighted by atomic mass is 10.2. The molecule has 0 fully saturated rings. The second-order valence-electron chi connectivity index (χ2n) is 2.28. The molecule has 0 unspecified atom stereocenters. The molecule has 1 aromatic rings. The summed E-state index contributed by atoms with van der Waals surface area (Å²) in [5.74, 6) is -0.133. The Morgan fingerprint density at radius 3 is 3.00 bits per heavy atom. The first kappa shape index (κ1) is 8.21. The lowest BCUT2D eigenvalue weighted by Crippen LogP contribution is -2.02. The summed E-state index contributed by atoms with van der Waals surface area (Å²) in [4.78, 5) is 14.8. The highest BCUT2D eigenvalue weighted by molar-refractivity contribution is 6.30. The molecule has 0 aliphatic rings. The van der Waals surface area contributed by atoms with E-state index in [1.165, 1.54) is 0 Å². The standard InChI is InChI=1S/C8H8ClNO/c1-6-2-3-10-7(4-6)8(11)5-9/h2-4H,5H2,1H3. The van der Waals surface area contributed by atoms with Crippen molar-refractivity contribution in [1.82, 2.24) is 4.98 Å². The maximum atomic E-state index is 11.0. The quantitative estimate of drug-likeness (QED) is 0.499. The fraction of sp³-hybridized carbons (Fsp3) is 0.250. The molecular weight excluding hydrogens is 162 g/mol. The Hall–Kier alpha value is -0.890. The number of pyridine rings is 1. The summed E-state index contributed by atoms with van der Waals surface area (Å²) in [5, 5.41) is 0. The number of nitrogens with zero attached hydrogens (tertiary/aromatic N) is 1. The molecule has 0 saturated heterocycles. The number of aromatic nitrogens is 1. The molecule has 0 aromatic carbocycles. The molecule has 58 valence electrons. The number of Topliss-reactive ketones (excluding diaryl/α,β-unsaturated/α-hetero) is 1. The topological polar surface area (TPSA) is 30.0 Å². The maximum absolute atomic E-state index is 11.0.